The highest BCUT2D eigenvalue weighted by Gasteiger charge is 2.27. The third kappa shape index (κ3) is 2.57. The van der Waals surface area contributed by atoms with E-state index in [-0.39, 0.29) is 23.9 Å². The molecule has 1 aliphatic rings. The lowest BCUT2D eigenvalue weighted by molar-refractivity contribution is -0.130. The van der Waals surface area contributed by atoms with Crippen LogP contribution in [0.5, 0.6) is 0 Å². The van der Waals surface area contributed by atoms with Crippen molar-refractivity contribution in [3.63, 3.8) is 0 Å². The topological polar surface area (TPSA) is 34.1 Å². The van der Waals surface area contributed by atoms with Crippen molar-refractivity contribution >= 4 is 54.8 Å². The van der Waals surface area contributed by atoms with E-state index in [0.29, 0.717) is 12.8 Å². The van der Waals surface area contributed by atoms with E-state index in [1.54, 1.807) is 11.3 Å². The summed E-state index contributed by atoms with van der Waals surface area (Å²) in [4.78, 5) is 23.7. The van der Waals surface area contributed by atoms with Gasteiger partial charge in [-0.05, 0) is 37.9 Å². The highest BCUT2D eigenvalue weighted by molar-refractivity contribution is 9.13. The SMILES string of the molecule is O=C1CC(=O)CC(c2cc(Br)c(Br)s2)C1. The van der Waals surface area contributed by atoms with Crippen LogP contribution in [0.2, 0.25) is 0 Å². The molecule has 0 atom stereocenters. The van der Waals surface area contributed by atoms with Gasteiger partial charge >= 0.3 is 0 Å². The predicted octanol–water partition coefficient (Wildman–Crippen LogP) is 3.68. The van der Waals surface area contributed by atoms with Crippen LogP contribution in [0.4, 0.5) is 0 Å². The van der Waals surface area contributed by atoms with Crippen LogP contribution in [-0.2, 0) is 9.59 Å². The first-order valence-corrected chi connectivity index (χ1v) is 6.94. The zero-order valence-electron chi connectivity index (χ0n) is 7.76. The molecule has 0 amide bonds. The fraction of sp³-hybridized carbons (Fsp3) is 0.400. The van der Waals surface area contributed by atoms with Gasteiger partial charge < -0.3 is 0 Å². The highest BCUT2D eigenvalue weighted by atomic mass is 79.9. The Kier molecular flexibility index (Phi) is 3.42. The molecule has 0 saturated heterocycles. The van der Waals surface area contributed by atoms with Crippen LogP contribution >= 0.6 is 43.2 Å². The number of carbonyl (C=O) groups excluding carboxylic acids is 2. The molecule has 1 aromatic rings. The molecule has 5 heteroatoms. The lowest BCUT2D eigenvalue weighted by Crippen LogP contribution is -2.20. The van der Waals surface area contributed by atoms with Gasteiger partial charge in [0.1, 0.15) is 11.6 Å². The Morgan fingerprint density at radius 1 is 1.20 bits per heavy atom. The maximum Gasteiger partial charge on any atom is 0.140 e. The summed E-state index contributed by atoms with van der Waals surface area (Å²) in [5, 5.41) is 0. The molecule has 0 aliphatic heterocycles. The van der Waals surface area contributed by atoms with E-state index in [9.17, 15) is 9.59 Å². The smallest absolute Gasteiger partial charge is 0.140 e. The van der Waals surface area contributed by atoms with E-state index < -0.39 is 0 Å². The summed E-state index contributed by atoms with van der Waals surface area (Å²) >= 11 is 8.41. The Bertz CT molecular complexity index is 390. The van der Waals surface area contributed by atoms with Gasteiger partial charge in [-0.2, -0.15) is 0 Å². The van der Waals surface area contributed by atoms with Crippen molar-refractivity contribution in [2.24, 2.45) is 0 Å². The monoisotopic (exact) mass is 350 g/mol. The maximum absolute atomic E-state index is 11.3. The van der Waals surface area contributed by atoms with Gasteiger partial charge in [0, 0.05) is 28.1 Å². The molecule has 2 nitrogen and oxygen atoms in total. The number of Topliss-reactive ketones (excluding diaryl/α,β-unsaturated/α-hetero) is 2. The standard InChI is InChI=1S/C10H8Br2O2S/c11-8-4-9(15-10(8)12)5-1-6(13)3-7(14)2-5/h4-5H,1-3H2. The largest absolute Gasteiger partial charge is 0.299 e. The van der Waals surface area contributed by atoms with E-state index in [4.69, 9.17) is 0 Å². The van der Waals surface area contributed by atoms with Crippen molar-refractivity contribution < 1.29 is 9.59 Å². The van der Waals surface area contributed by atoms with Crippen LogP contribution in [0.1, 0.15) is 30.1 Å². The molecule has 80 valence electrons. The van der Waals surface area contributed by atoms with Crippen molar-refractivity contribution in [2.45, 2.75) is 25.2 Å². The molecule has 1 saturated carbocycles. The minimum atomic E-state index is 0.0666. The normalized spacial score (nSPS) is 18.5. The minimum Gasteiger partial charge on any atom is -0.299 e. The third-order valence-corrected chi connectivity index (χ3v) is 5.83. The number of thiophene rings is 1. The first-order chi connectivity index (χ1) is 7.06. The third-order valence-electron chi connectivity index (χ3n) is 2.41. The van der Waals surface area contributed by atoms with Crippen molar-refractivity contribution in [3.05, 3.63) is 19.2 Å². The minimum absolute atomic E-state index is 0.0666. The van der Waals surface area contributed by atoms with Gasteiger partial charge in [0.25, 0.3) is 0 Å². The van der Waals surface area contributed by atoms with Gasteiger partial charge in [0.05, 0.1) is 10.2 Å². The molecule has 0 N–H and O–H groups in total. The van der Waals surface area contributed by atoms with Crippen molar-refractivity contribution in [3.8, 4) is 0 Å². The first-order valence-electron chi connectivity index (χ1n) is 4.54. The lowest BCUT2D eigenvalue weighted by atomic mass is 9.86. The number of halogens is 2. The molecule has 1 heterocycles. The van der Waals surface area contributed by atoms with Gasteiger partial charge in [-0.15, -0.1) is 11.3 Å². The average Bonchev–Trinajstić information content (AvgIpc) is 2.45. The second kappa shape index (κ2) is 4.47. The Hall–Kier alpha value is -0.0000000000000000833. The molecule has 0 aromatic carbocycles. The molecular formula is C10H8Br2O2S. The van der Waals surface area contributed by atoms with Crippen LogP contribution in [0.25, 0.3) is 0 Å². The number of carbonyl (C=O) groups is 2. The van der Waals surface area contributed by atoms with E-state index in [0.717, 1.165) is 13.1 Å². The summed E-state index contributed by atoms with van der Waals surface area (Å²) in [6.45, 7) is 0. The Morgan fingerprint density at radius 3 is 2.27 bits per heavy atom. The summed E-state index contributed by atoms with van der Waals surface area (Å²) in [6, 6.07) is 1.99. The van der Waals surface area contributed by atoms with Crippen LogP contribution in [0.15, 0.2) is 14.3 Å². The Labute approximate surface area is 108 Å². The molecule has 0 bridgehead atoms. The molecule has 15 heavy (non-hydrogen) atoms. The van der Waals surface area contributed by atoms with E-state index >= 15 is 0 Å². The number of rotatable bonds is 1. The zero-order valence-corrected chi connectivity index (χ0v) is 11.7. The van der Waals surface area contributed by atoms with E-state index in [1.807, 2.05) is 6.07 Å². The molecular weight excluding hydrogens is 344 g/mol. The van der Waals surface area contributed by atoms with E-state index in [1.165, 1.54) is 0 Å². The molecule has 2 rings (SSSR count). The summed E-state index contributed by atoms with van der Waals surface area (Å²) < 4.78 is 2.01. The first kappa shape index (κ1) is 11.5. The maximum atomic E-state index is 11.3. The number of hydrogen-bond donors (Lipinski definition) is 0. The molecule has 0 radical (unpaired) electrons. The fourth-order valence-corrected chi connectivity index (χ4v) is 3.94. The second-order valence-corrected chi connectivity index (χ2v) is 6.89. The van der Waals surface area contributed by atoms with E-state index in [2.05, 4.69) is 31.9 Å². The average molecular weight is 352 g/mol. The quantitative estimate of drug-likeness (QED) is 0.723. The molecule has 1 aromatic heterocycles. The molecule has 1 aliphatic carbocycles. The van der Waals surface area contributed by atoms with Crippen LogP contribution < -0.4 is 0 Å². The molecule has 0 spiro atoms. The molecule has 0 unspecified atom stereocenters. The highest BCUT2D eigenvalue weighted by Crippen LogP contribution is 2.40. The van der Waals surface area contributed by atoms with Crippen molar-refractivity contribution in [1.82, 2.24) is 0 Å². The van der Waals surface area contributed by atoms with Gasteiger partial charge in [-0.3, -0.25) is 9.59 Å². The number of ketones is 2. The summed E-state index contributed by atoms with van der Waals surface area (Å²) in [5.74, 6) is 0.222. The van der Waals surface area contributed by atoms with Gasteiger partial charge in [-0.25, -0.2) is 0 Å². The summed E-state index contributed by atoms with van der Waals surface area (Å²) in [6.07, 6.45) is 1.14. The van der Waals surface area contributed by atoms with Gasteiger partial charge in [0.2, 0.25) is 0 Å². The van der Waals surface area contributed by atoms with Crippen LogP contribution in [0.3, 0.4) is 0 Å². The van der Waals surface area contributed by atoms with Crippen molar-refractivity contribution in [1.29, 1.82) is 0 Å². The van der Waals surface area contributed by atoms with Crippen molar-refractivity contribution in [2.75, 3.05) is 0 Å². The summed E-state index contributed by atoms with van der Waals surface area (Å²) in [7, 11) is 0. The second-order valence-electron chi connectivity index (χ2n) is 3.63. The number of hydrogen-bond acceptors (Lipinski definition) is 3. The van der Waals surface area contributed by atoms with Crippen LogP contribution in [0, 0.1) is 0 Å². The predicted molar refractivity (Wildman–Crippen MR) is 66.3 cm³/mol. The lowest BCUT2D eigenvalue weighted by Gasteiger charge is -2.18. The Morgan fingerprint density at radius 2 is 1.80 bits per heavy atom. The Balaban J connectivity index is 2.23. The summed E-state index contributed by atoms with van der Waals surface area (Å²) in [5.41, 5.74) is 0. The van der Waals surface area contributed by atoms with Crippen LogP contribution in [-0.4, -0.2) is 11.6 Å². The zero-order chi connectivity index (χ0) is 11.0. The van der Waals surface area contributed by atoms with Gasteiger partial charge in [0.15, 0.2) is 0 Å². The van der Waals surface area contributed by atoms with Gasteiger partial charge in [-0.1, -0.05) is 0 Å². The fourth-order valence-electron chi connectivity index (χ4n) is 1.75. The molecule has 1 fully saturated rings.